The van der Waals surface area contributed by atoms with Crippen molar-refractivity contribution in [2.45, 2.75) is 32.1 Å². The van der Waals surface area contributed by atoms with Crippen LogP contribution in [0.3, 0.4) is 0 Å². The van der Waals surface area contributed by atoms with E-state index in [-0.39, 0.29) is 12.0 Å². The Morgan fingerprint density at radius 1 is 0.815 bits per heavy atom. The van der Waals surface area contributed by atoms with Crippen LogP contribution < -0.4 is 10.5 Å². The highest BCUT2D eigenvalue weighted by Crippen LogP contribution is 2.23. The summed E-state index contributed by atoms with van der Waals surface area (Å²) >= 11 is 0. The molecular formula is C24H27NO2. The van der Waals surface area contributed by atoms with Crippen LogP contribution in [0.5, 0.6) is 5.75 Å². The Morgan fingerprint density at radius 3 is 2.04 bits per heavy atom. The molecule has 0 aliphatic heterocycles. The fourth-order valence-corrected chi connectivity index (χ4v) is 3.15. The molecule has 0 spiro atoms. The van der Waals surface area contributed by atoms with Crippen LogP contribution >= 0.6 is 0 Å². The van der Waals surface area contributed by atoms with Gasteiger partial charge in [0.1, 0.15) is 12.4 Å². The molecule has 3 nitrogen and oxygen atoms in total. The molecule has 0 aliphatic carbocycles. The number of hydrogen-bond donors (Lipinski definition) is 2. The third-order valence-electron chi connectivity index (χ3n) is 4.89. The van der Waals surface area contributed by atoms with E-state index in [1.54, 1.807) is 0 Å². The van der Waals surface area contributed by atoms with Gasteiger partial charge in [-0.05, 0) is 41.2 Å². The van der Waals surface area contributed by atoms with Gasteiger partial charge in [-0.1, -0.05) is 79.7 Å². The summed E-state index contributed by atoms with van der Waals surface area (Å²) in [4.78, 5) is 0. The van der Waals surface area contributed by atoms with Crippen LogP contribution in [0.4, 0.5) is 0 Å². The Labute approximate surface area is 161 Å². The van der Waals surface area contributed by atoms with E-state index in [1.807, 2.05) is 60.7 Å². The van der Waals surface area contributed by atoms with Crippen molar-refractivity contribution in [3.63, 3.8) is 0 Å². The van der Waals surface area contributed by atoms with Crippen LogP contribution in [0.1, 0.15) is 29.7 Å². The molecule has 0 aromatic heterocycles. The molecule has 0 saturated heterocycles. The molecule has 0 radical (unpaired) electrons. The first-order valence-electron chi connectivity index (χ1n) is 9.38. The van der Waals surface area contributed by atoms with Gasteiger partial charge < -0.3 is 15.6 Å². The van der Waals surface area contributed by atoms with Gasteiger partial charge in [0.25, 0.3) is 0 Å². The topological polar surface area (TPSA) is 55.5 Å². The lowest BCUT2D eigenvalue weighted by atomic mass is 9.88. The molecule has 0 aliphatic rings. The van der Waals surface area contributed by atoms with Crippen LogP contribution in [0, 0.1) is 5.92 Å². The van der Waals surface area contributed by atoms with Crippen molar-refractivity contribution in [1.29, 1.82) is 0 Å². The van der Waals surface area contributed by atoms with E-state index in [0.717, 1.165) is 23.3 Å². The number of ether oxygens (including phenoxy) is 1. The summed E-state index contributed by atoms with van der Waals surface area (Å²) in [5.41, 5.74) is 9.51. The number of nitrogens with two attached hydrogens (primary N) is 1. The molecule has 3 heteroatoms. The Morgan fingerprint density at radius 2 is 1.41 bits per heavy atom. The first kappa shape index (κ1) is 19.2. The average Bonchev–Trinajstić information content (AvgIpc) is 2.73. The Balaban J connectivity index is 1.54. The summed E-state index contributed by atoms with van der Waals surface area (Å²) in [6.07, 6.45) is 0.152. The van der Waals surface area contributed by atoms with E-state index >= 15 is 0 Å². The summed E-state index contributed by atoms with van der Waals surface area (Å²) in [7, 11) is 0. The lowest BCUT2D eigenvalue weighted by Gasteiger charge is -2.25. The number of rotatable bonds is 8. The van der Waals surface area contributed by atoms with Gasteiger partial charge in [-0.2, -0.15) is 0 Å². The van der Waals surface area contributed by atoms with Gasteiger partial charge in [0.05, 0.1) is 6.10 Å². The molecule has 1 unspecified atom stereocenters. The van der Waals surface area contributed by atoms with E-state index < -0.39 is 6.10 Å². The molecule has 27 heavy (non-hydrogen) atoms. The maximum absolute atomic E-state index is 10.5. The summed E-state index contributed by atoms with van der Waals surface area (Å²) in [5.74, 6) is 1.00. The summed E-state index contributed by atoms with van der Waals surface area (Å²) < 4.78 is 5.83. The van der Waals surface area contributed by atoms with Gasteiger partial charge >= 0.3 is 0 Å². The zero-order chi connectivity index (χ0) is 19.1. The molecule has 0 bridgehead atoms. The predicted molar refractivity (Wildman–Crippen MR) is 109 cm³/mol. The monoisotopic (exact) mass is 361 g/mol. The van der Waals surface area contributed by atoms with Gasteiger partial charge in [0.2, 0.25) is 0 Å². The van der Waals surface area contributed by atoms with E-state index in [2.05, 4.69) is 31.2 Å². The SMILES string of the molecule is CC(Cc1ccc(OCc2ccccc2)cc1)[C@@H](N)[C@H](O)c1ccccc1. The van der Waals surface area contributed by atoms with Crippen molar-refractivity contribution < 1.29 is 9.84 Å². The minimum atomic E-state index is -0.658. The molecule has 0 fully saturated rings. The highest BCUT2D eigenvalue weighted by atomic mass is 16.5. The summed E-state index contributed by atoms with van der Waals surface area (Å²) in [6, 6.07) is 27.5. The second-order valence-corrected chi connectivity index (χ2v) is 7.03. The Bertz CT molecular complexity index is 803. The molecule has 3 atom stereocenters. The average molecular weight is 361 g/mol. The number of aliphatic hydroxyl groups is 1. The zero-order valence-electron chi connectivity index (χ0n) is 15.7. The molecule has 3 aromatic rings. The first-order chi connectivity index (χ1) is 13.1. The largest absolute Gasteiger partial charge is 0.489 e. The van der Waals surface area contributed by atoms with Crippen LogP contribution in [-0.4, -0.2) is 11.1 Å². The number of benzene rings is 3. The molecular weight excluding hydrogens is 334 g/mol. The highest BCUT2D eigenvalue weighted by molar-refractivity contribution is 5.28. The standard InChI is InChI=1S/C24H27NO2/c1-18(23(25)24(26)21-10-6-3-7-11-21)16-19-12-14-22(15-13-19)27-17-20-8-4-2-5-9-20/h2-15,18,23-24,26H,16-17,25H2,1H3/t18?,23-,24-/m1/s1. The van der Waals surface area contributed by atoms with Gasteiger partial charge in [-0.3, -0.25) is 0 Å². The van der Waals surface area contributed by atoms with Gasteiger partial charge in [0.15, 0.2) is 0 Å². The molecule has 3 N–H and O–H groups in total. The zero-order valence-corrected chi connectivity index (χ0v) is 15.7. The van der Waals surface area contributed by atoms with Gasteiger partial charge in [-0.15, -0.1) is 0 Å². The summed E-state index contributed by atoms with van der Waals surface area (Å²) in [6.45, 7) is 2.64. The van der Waals surface area contributed by atoms with Crippen molar-refractivity contribution in [3.05, 3.63) is 102 Å². The van der Waals surface area contributed by atoms with Crippen molar-refractivity contribution in [3.8, 4) is 5.75 Å². The quantitative estimate of drug-likeness (QED) is 0.621. The van der Waals surface area contributed by atoms with Crippen LogP contribution in [0.2, 0.25) is 0 Å². The Kier molecular flexibility index (Phi) is 6.64. The van der Waals surface area contributed by atoms with Crippen molar-refractivity contribution in [2.24, 2.45) is 11.7 Å². The van der Waals surface area contributed by atoms with Crippen molar-refractivity contribution in [1.82, 2.24) is 0 Å². The van der Waals surface area contributed by atoms with Gasteiger partial charge in [-0.25, -0.2) is 0 Å². The molecule has 3 rings (SSSR count). The molecule has 0 saturated carbocycles. The molecule has 3 aromatic carbocycles. The van der Waals surface area contributed by atoms with Crippen molar-refractivity contribution in [2.75, 3.05) is 0 Å². The highest BCUT2D eigenvalue weighted by Gasteiger charge is 2.22. The minimum Gasteiger partial charge on any atom is -0.489 e. The fraction of sp³-hybridized carbons (Fsp3) is 0.250. The summed E-state index contributed by atoms with van der Waals surface area (Å²) in [5, 5.41) is 10.5. The normalized spacial score (nSPS) is 14.3. The van der Waals surface area contributed by atoms with Crippen molar-refractivity contribution >= 4 is 0 Å². The van der Waals surface area contributed by atoms with Crippen LogP contribution in [0.15, 0.2) is 84.9 Å². The van der Waals surface area contributed by atoms with E-state index in [9.17, 15) is 5.11 Å². The second kappa shape index (κ2) is 9.36. The lowest BCUT2D eigenvalue weighted by Crippen LogP contribution is -2.36. The number of aliphatic hydroxyl groups excluding tert-OH is 1. The number of hydrogen-bond acceptors (Lipinski definition) is 3. The fourth-order valence-electron chi connectivity index (χ4n) is 3.15. The van der Waals surface area contributed by atoms with E-state index in [1.165, 1.54) is 5.56 Å². The lowest BCUT2D eigenvalue weighted by molar-refractivity contribution is 0.121. The maximum Gasteiger partial charge on any atom is 0.119 e. The van der Waals surface area contributed by atoms with Crippen LogP contribution in [-0.2, 0) is 13.0 Å². The van der Waals surface area contributed by atoms with E-state index in [4.69, 9.17) is 10.5 Å². The second-order valence-electron chi connectivity index (χ2n) is 7.03. The predicted octanol–water partition coefficient (Wildman–Crippen LogP) is 4.51. The molecule has 140 valence electrons. The maximum atomic E-state index is 10.5. The molecule has 0 amide bonds. The Hall–Kier alpha value is -2.62. The third-order valence-corrected chi connectivity index (χ3v) is 4.89. The van der Waals surface area contributed by atoms with Gasteiger partial charge in [0, 0.05) is 6.04 Å². The third kappa shape index (κ3) is 5.43. The first-order valence-corrected chi connectivity index (χ1v) is 9.38. The minimum absolute atomic E-state index is 0.149. The van der Waals surface area contributed by atoms with E-state index in [0.29, 0.717) is 6.61 Å². The molecule has 0 heterocycles. The van der Waals surface area contributed by atoms with Crippen LogP contribution in [0.25, 0.3) is 0 Å². The smallest absolute Gasteiger partial charge is 0.119 e.